The first-order valence-corrected chi connectivity index (χ1v) is 7.65. The summed E-state index contributed by atoms with van der Waals surface area (Å²) in [7, 11) is -2.07. The van der Waals surface area contributed by atoms with Crippen LogP contribution in [0.15, 0.2) is 23.1 Å². The number of rotatable bonds is 5. The van der Waals surface area contributed by atoms with Crippen molar-refractivity contribution < 1.29 is 13.2 Å². The monoisotopic (exact) mass is 284 g/mol. The summed E-state index contributed by atoms with van der Waals surface area (Å²) in [4.78, 5) is 11.8. The molecule has 0 bridgehead atoms. The second kappa shape index (κ2) is 6.16. The minimum absolute atomic E-state index is 0.108. The second-order valence-corrected chi connectivity index (χ2v) is 6.20. The van der Waals surface area contributed by atoms with E-state index in [-0.39, 0.29) is 16.8 Å². The lowest BCUT2D eigenvalue weighted by atomic mass is 10.1. The summed E-state index contributed by atoms with van der Waals surface area (Å²) in [6, 6.07) is 4.40. The molecule has 2 N–H and O–H groups in total. The molecule has 0 aliphatic rings. The average Bonchev–Trinajstić information content (AvgIpc) is 2.37. The average molecular weight is 284 g/mol. The number of amides is 1. The van der Waals surface area contributed by atoms with E-state index in [4.69, 9.17) is 0 Å². The number of sulfonamides is 1. The molecule has 1 rings (SSSR count). The molecule has 0 saturated heterocycles. The molecule has 106 valence electrons. The van der Waals surface area contributed by atoms with Gasteiger partial charge in [-0.3, -0.25) is 4.79 Å². The highest BCUT2D eigenvalue weighted by Crippen LogP contribution is 2.16. The molecule has 0 radical (unpaired) electrons. The fourth-order valence-electron chi connectivity index (χ4n) is 1.56. The van der Waals surface area contributed by atoms with E-state index >= 15 is 0 Å². The molecule has 0 spiro atoms. The maximum atomic E-state index is 12.1. The lowest BCUT2D eigenvalue weighted by Crippen LogP contribution is -2.32. The van der Waals surface area contributed by atoms with E-state index in [2.05, 4.69) is 10.0 Å². The molecule has 1 atom stereocenters. The van der Waals surface area contributed by atoms with Gasteiger partial charge in [0.05, 0.1) is 4.90 Å². The van der Waals surface area contributed by atoms with Crippen molar-refractivity contribution in [3.8, 4) is 0 Å². The van der Waals surface area contributed by atoms with Crippen LogP contribution in [-0.4, -0.2) is 27.4 Å². The summed E-state index contributed by atoms with van der Waals surface area (Å²) in [5.74, 6) is -0.293. The normalized spacial score (nSPS) is 13.1. The molecule has 1 amide bonds. The van der Waals surface area contributed by atoms with E-state index in [1.165, 1.54) is 19.2 Å². The molecule has 1 aromatic carbocycles. The SMILES string of the molecule is CC[C@H](C)NS(=O)(=O)c1ccc(C)c(C(=O)NC)c1. The van der Waals surface area contributed by atoms with Crippen LogP contribution in [0.5, 0.6) is 0 Å². The maximum absolute atomic E-state index is 12.1. The summed E-state index contributed by atoms with van der Waals surface area (Å²) in [5.41, 5.74) is 1.11. The molecule has 0 aromatic heterocycles. The molecule has 0 fully saturated rings. The number of carbonyl (C=O) groups excluding carboxylic acids is 1. The van der Waals surface area contributed by atoms with Gasteiger partial charge in [0.1, 0.15) is 0 Å². The van der Waals surface area contributed by atoms with Crippen LogP contribution in [0.1, 0.15) is 36.2 Å². The number of hydrogen-bond acceptors (Lipinski definition) is 3. The van der Waals surface area contributed by atoms with Gasteiger partial charge < -0.3 is 5.32 Å². The van der Waals surface area contributed by atoms with Crippen molar-refractivity contribution in [2.75, 3.05) is 7.05 Å². The lowest BCUT2D eigenvalue weighted by Gasteiger charge is -2.13. The third-order valence-electron chi connectivity index (χ3n) is 2.96. The first-order chi connectivity index (χ1) is 8.81. The lowest BCUT2D eigenvalue weighted by molar-refractivity contribution is 0.0962. The highest BCUT2D eigenvalue weighted by atomic mass is 32.2. The van der Waals surface area contributed by atoms with Crippen LogP contribution in [0.25, 0.3) is 0 Å². The summed E-state index contributed by atoms with van der Waals surface area (Å²) in [6.45, 7) is 5.47. The van der Waals surface area contributed by atoms with E-state index in [0.29, 0.717) is 12.0 Å². The first-order valence-electron chi connectivity index (χ1n) is 6.17. The number of benzene rings is 1. The van der Waals surface area contributed by atoms with E-state index < -0.39 is 10.0 Å². The van der Waals surface area contributed by atoms with Crippen LogP contribution in [0.4, 0.5) is 0 Å². The number of aryl methyl sites for hydroxylation is 1. The van der Waals surface area contributed by atoms with Gasteiger partial charge in [-0.15, -0.1) is 0 Å². The maximum Gasteiger partial charge on any atom is 0.251 e. The Kier molecular flexibility index (Phi) is 5.08. The van der Waals surface area contributed by atoms with Crippen LogP contribution >= 0.6 is 0 Å². The van der Waals surface area contributed by atoms with Gasteiger partial charge in [-0.2, -0.15) is 0 Å². The Morgan fingerprint density at radius 1 is 1.37 bits per heavy atom. The van der Waals surface area contributed by atoms with Crippen molar-refractivity contribution in [1.82, 2.24) is 10.0 Å². The smallest absolute Gasteiger partial charge is 0.251 e. The van der Waals surface area contributed by atoms with Crippen molar-refractivity contribution in [2.45, 2.75) is 38.1 Å². The predicted octanol–water partition coefficient (Wildman–Crippen LogP) is 1.43. The Bertz CT molecular complexity index is 567. The molecular formula is C13H20N2O3S. The van der Waals surface area contributed by atoms with E-state index in [9.17, 15) is 13.2 Å². The molecule has 0 saturated carbocycles. The van der Waals surface area contributed by atoms with Crippen molar-refractivity contribution in [3.05, 3.63) is 29.3 Å². The molecular weight excluding hydrogens is 264 g/mol. The first kappa shape index (κ1) is 15.7. The van der Waals surface area contributed by atoms with Gasteiger partial charge in [-0.05, 0) is 38.0 Å². The van der Waals surface area contributed by atoms with Crippen molar-refractivity contribution in [1.29, 1.82) is 0 Å². The highest BCUT2D eigenvalue weighted by molar-refractivity contribution is 7.89. The van der Waals surface area contributed by atoms with Crippen LogP contribution < -0.4 is 10.0 Å². The fraction of sp³-hybridized carbons (Fsp3) is 0.462. The highest BCUT2D eigenvalue weighted by Gasteiger charge is 2.19. The molecule has 0 aliphatic carbocycles. The largest absolute Gasteiger partial charge is 0.355 e. The zero-order valence-electron chi connectivity index (χ0n) is 11.6. The standard InChI is InChI=1S/C13H20N2O3S/c1-5-10(3)15-19(17,18)11-7-6-9(2)12(8-11)13(16)14-4/h6-8,10,15H,5H2,1-4H3,(H,14,16)/t10-/m0/s1. The Morgan fingerprint density at radius 3 is 2.53 bits per heavy atom. The molecule has 6 heteroatoms. The van der Waals surface area contributed by atoms with Gasteiger partial charge in [0.15, 0.2) is 0 Å². The topological polar surface area (TPSA) is 75.3 Å². The molecule has 1 aromatic rings. The van der Waals surface area contributed by atoms with Crippen LogP contribution in [0, 0.1) is 6.92 Å². The minimum atomic E-state index is -3.58. The third-order valence-corrected chi connectivity index (χ3v) is 4.55. The minimum Gasteiger partial charge on any atom is -0.355 e. The molecule has 0 aliphatic heterocycles. The van der Waals surface area contributed by atoms with Gasteiger partial charge >= 0.3 is 0 Å². The van der Waals surface area contributed by atoms with Crippen LogP contribution in [-0.2, 0) is 10.0 Å². The van der Waals surface area contributed by atoms with Gasteiger partial charge in [-0.1, -0.05) is 13.0 Å². The Morgan fingerprint density at radius 2 is 2.00 bits per heavy atom. The van der Waals surface area contributed by atoms with Crippen LogP contribution in [0.2, 0.25) is 0 Å². The molecule has 0 heterocycles. The van der Waals surface area contributed by atoms with E-state index in [0.717, 1.165) is 5.56 Å². The zero-order valence-corrected chi connectivity index (χ0v) is 12.5. The molecule has 5 nitrogen and oxygen atoms in total. The summed E-state index contributed by atoms with van der Waals surface area (Å²) < 4.78 is 26.8. The quantitative estimate of drug-likeness (QED) is 0.859. The van der Waals surface area contributed by atoms with Gasteiger partial charge in [0, 0.05) is 18.7 Å². The van der Waals surface area contributed by atoms with Crippen molar-refractivity contribution in [2.24, 2.45) is 0 Å². The second-order valence-electron chi connectivity index (χ2n) is 4.49. The van der Waals surface area contributed by atoms with E-state index in [1.807, 2.05) is 6.92 Å². The third kappa shape index (κ3) is 3.78. The summed E-state index contributed by atoms with van der Waals surface area (Å²) in [6.07, 6.45) is 0.702. The number of carbonyl (C=O) groups is 1. The fourth-order valence-corrected chi connectivity index (χ4v) is 2.92. The molecule has 19 heavy (non-hydrogen) atoms. The number of hydrogen-bond donors (Lipinski definition) is 2. The zero-order chi connectivity index (χ0) is 14.6. The summed E-state index contributed by atoms with van der Waals surface area (Å²) >= 11 is 0. The molecule has 0 unspecified atom stereocenters. The van der Waals surface area contributed by atoms with Crippen molar-refractivity contribution >= 4 is 15.9 Å². The Balaban J connectivity index is 3.18. The Labute approximate surface area is 114 Å². The van der Waals surface area contributed by atoms with Crippen LogP contribution in [0.3, 0.4) is 0 Å². The van der Waals surface area contributed by atoms with Gasteiger partial charge in [0.25, 0.3) is 5.91 Å². The van der Waals surface area contributed by atoms with Gasteiger partial charge in [0.2, 0.25) is 10.0 Å². The van der Waals surface area contributed by atoms with Crippen molar-refractivity contribution in [3.63, 3.8) is 0 Å². The predicted molar refractivity (Wildman–Crippen MR) is 74.6 cm³/mol. The number of nitrogens with one attached hydrogen (secondary N) is 2. The van der Waals surface area contributed by atoms with Gasteiger partial charge in [-0.25, -0.2) is 13.1 Å². The summed E-state index contributed by atoms with van der Waals surface area (Å²) in [5, 5.41) is 2.50. The van der Waals surface area contributed by atoms with E-state index in [1.54, 1.807) is 19.9 Å². The Hall–Kier alpha value is -1.40.